The predicted molar refractivity (Wildman–Crippen MR) is 96.7 cm³/mol. The van der Waals surface area contributed by atoms with Crippen molar-refractivity contribution in [2.75, 3.05) is 32.1 Å². The van der Waals surface area contributed by atoms with E-state index in [9.17, 15) is 13.6 Å². The molecular weight excluding hydrogens is 338 g/mol. The number of benzene rings is 2. The first-order valence-electron chi connectivity index (χ1n) is 8.62. The van der Waals surface area contributed by atoms with Crippen molar-refractivity contribution in [3.63, 3.8) is 0 Å². The molecule has 2 aromatic carbocycles. The molecule has 1 aliphatic heterocycles. The Balaban J connectivity index is 1.57. The van der Waals surface area contributed by atoms with Gasteiger partial charge in [-0.1, -0.05) is 0 Å². The summed E-state index contributed by atoms with van der Waals surface area (Å²) in [5, 5.41) is 0. The van der Waals surface area contributed by atoms with Crippen LogP contribution in [0.3, 0.4) is 0 Å². The lowest BCUT2D eigenvalue weighted by Crippen LogP contribution is -2.38. The van der Waals surface area contributed by atoms with Crippen LogP contribution in [0, 0.1) is 11.6 Å². The number of hydrogen-bond acceptors (Lipinski definition) is 3. The highest BCUT2D eigenvalue weighted by Gasteiger charge is 2.22. The van der Waals surface area contributed by atoms with Gasteiger partial charge in [0, 0.05) is 57.3 Å². The zero-order chi connectivity index (χ0) is 18.7. The van der Waals surface area contributed by atoms with Crippen molar-refractivity contribution in [1.82, 2.24) is 4.90 Å². The van der Waals surface area contributed by atoms with E-state index in [-0.39, 0.29) is 17.8 Å². The monoisotopic (exact) mass is 360 g/mol. The van der Waals surface area contributed by atoms with Crippen LogP contribution in [0.15, 0.2) is 42.5 Å². The van der Waals surface area contributed by atoms with E-state index in [1.165, 1.54) is 12.1 Å². The molecule has 2 aromatic rings. The first-order valence-corrected chi connectivity index (χ1v) is 8.62. The molecule has 0 saturated carbocycles. The maximum atomic E-state index is 13.7. The van der Waals surface area contributed by atoms with E-state index in [1.807, 2.05) is 24.3 Å². The van der Waals surface area contributed by atoms with E-state index in [4.69, 9.17) is 4.74 Å². The zero-order valence-electron chi connectivity index (χ0n) is 14.9. The molecule has 0 radical (unpaired) electrons. The summed E-state index contributed by atoms with van der Waals surface area (Å²) in [7, 11) is 3.45. The highest BCUT2D eigenvalue weighted by molar-refractivity contribution is 5.94. The fourth-order valence-corrected chi connectivity index (χ4v) is 3.06. The van der Waals surface area contributed by atoms with Gasteiger partial charge in [0.1, 0.15) is 11.9 Å². The van der Waals surface area contributed by atoms with Crippen LogP contribution in [0.2, 0.25) is 0 Å². The molecule has 1 saturated heterocycles. The van der Waals surface area contributed by atoms with Gasteiger partial charge in [-0.05, 0) is 36.4 Å². The highest BCUT2D eigenvalue weighted by Crippen LogP contribution is 2.25. The Morgan fingerprint density at radius 1 is 1.08 bits per heavy atom. The number of anilines is 1. The molecule has 1 heterocycles. The number of ether oxygens (including phenoxy) is 1. The van der Waals surface area contributed by atoms with Crippen LogP contribution < -0.4 is 9.64 Å². The molecule has 1 amide bonds. The van der Waals surface area contributed by atoms with Gasteiger partial charge in [0.2, 0.25) is 0 Å². The van der Waals surface area contributed by atoms with Crippen LogP contribution in [-0.2, 0) is 0 Å². The van der Waals surface area contributed by atoms with E-state index in [0.717, 1.165) is 37.7 Å². The van der Waals surface area contributed by atoms with Crippen LogP contribution in [0.5, 0.6) is 5.75 Å². The SMILES string of the molecule is CN(C)C(=O)c1ccc(N2CCC(Oc3ccc(F)cc3F)CC2)cc1. The molecule has 3 rings (SSSR count). The van der Waals surface area contributed by atoms with Crippen LogP contribution in [-0.4, -0.2) is 44.1 Å². The van der Waals surface area contributed by atoms with Gasteiger partial charge in [0.15, 0.2) is 11.6 Å². The van der Waals surface area contributed by atoms with Gasteiger partial charge >= 0.3 is 0 Å². The minimum absolute atomic E-state index is 0.0232. The van der Waals surface area contributed by atoms with E-state index in [2.05, 4.69) is 4.90 Å². The molecule has 6 heteroatoms. The summed E-state index contributed by atoms with van der Waals surface area (Å²) < 4.78 is 32.3. The van der Waals surface area contributed by atoms with Gasteiger partial charge in [-0.3, -0.25) is 4.79 Å². The highest BCUT2D eigenvalue weighted by atomic mass is 19.1. The summed E-state index contributed by atoms with van der Waals surface area (Å²) >= 11 is 0. The Labute approximate surface area is 152 Å². The fraction of sp³-hybridized carbons (Fsp3) is 0.350. The summed E-state index contributed by atoms with van der Waals surface area (Å²) in [5.74, 6) is -1.21. The normalized spacial score (nSPS) is 15.0. The third kappa shape index (κ3) is 4.12. The maximum Gasteiger partial charge on any atom is 0.253 e. The van der Waals surface area contributed by atoms with Crippen LogP contribution >= 0.6 is 0 Å². The third-order valence-electron chi connectivity index (χ3n) is 4.52. The molecule has 0 atom stereocenters. The van der Waals surface area contributed by atoms with E-state index < -0.39 is 11.6 Å². The van der Waals surface area contributed by atoms with E-state index in [0.29, 0.717) is 5.56 Å². The van der Waals surface area contributed by atoms with Gasteiger partial charge in [-0.25, -0.2) is 8.78 Å². The molecular formula is C20H22F2N2O2. The van der Waals surface area contributed by atoms with E-state index in [1.54, 1.807) is 19.0 Å². The first-order chi connectivity index (χ1) is 12.4. The number of halogens is 2. The first kappa shape index (κ1) is 18.2. The maximum absolute atomic E-state index is 13.7. The Hall–Kier alpha value is -2.63. The lowest BCUT2D eigenvalue weighted by atomic mass is 10.1. The summed E-state index contributed by atoms with van der Waals surface area (Å²) in [6.07, 6.45) is 1.39. The Morgan fingerprint density at radius 3 is 2.31 bits per heavy atom. The number of rotatable bonds is 4. The summed E-state index contributed by atoms with van der Waals surface area (Å²) in [5.41, 5.74) is 1.70. The van der Waals surface area contributed by atoms with Crippen molar-refractivity contribution in [3.05, 3.63) is 59.7 Å². The van der Waals surface area contributed by atoms with E-state index >= 15 is 0 Å². The Bertz CT molecular complexity index is 770. The van der Waals surface area contributed by atoms with Crippen molar-refractivity contribution in [2.24, 2.45) is 0 Å². The molecule has 0 unspecified atom stereocenters. The van der Waals surface area contributed by atoms with Crippen molar-refractivity contribution in [2.45, 2.75) is 18.9 Å². The van der Waals surface area contributed by atoms with Crippen LogP contribution in [0.4, 0.5) is 14.5 Å². The molecule has 1 aliphatic rings. The lowest BCUT2D eigenvalue weighted by molar-refractivity contribution is 0.0827. The molecule has 138 valence electrons. The van der Waals surface area contributed by atoms with Crippen molar-refractivity contribution in [1.29, 1.82) is 0 Å². The number of carbonyl (C=O) groups is 1. The van der Waals surface area contributed by atoms with Gasteiger partial charge in [0.25, 0.3) is 5.91 Å². The third-order valence-corrected chi connectivity index (χ3v) is 4.52. The van der Waals surface area contributed by atoms with Gasteiger partial charge in [-0.2, -0.15) is 0 Å². The fourth-order valence-electron chi connectivity index (χ4n) is 3.06. The quantitative estimate of drug-likeness (QED) is 0.833. The molecule has 0 N–H and O–H groups in total. The second-order valence-corrected chi connectivity index (χ2v) is 6.63. The van der Waals surface area contributed by atoms with Crippen molar-refractivity contribution >= 4 is 11.6 Å². The minimum atomic E-state index is -0.673. The number of nitrogens with zero attached hydrogens (tertiary/aromatic N) is 2. The van der Waals surface area contributed by atoms with Crippen LogP contribution in [0.1, 0.15) is 23.2 Å². The predicted octanol–water partition coefficient (Wildman–Crippen LogP) is 3.71. The number of amides is 1. The molecule has 26 heavy (non-hydrogen) atoms. The Morgan fingerprint density at radius 2 is 1.73 bits per heavy atom. The minimum Gasteiger partial charge on any atom is -0.487 e. The molecule has 0 bridgehead atoms. The van der Waals surface area contributed by atoms with Gasteiger partial charge < -0.3 is 14.5 Å². The summed E-state index contributed by atoms with van der Waals surface area (Å²) in [4.78, 5) is 15.7. The molecule has 1 fully saturated rings. The Kier molecular flexibility index (Phi) is 5.40. The summed E-state index contributed by atoms with van der Waals surface area (Å²) in [6.45, 7) is 1.54. The zero-order valence-corrected chi connectivity index (χ0v) is 14.9. The van der Waals surface area contributed by atoms with Crippen molar-refractivity contribution < 1.29 is 18.3 Å². The summed E-state index contributed by atoms with van der Waals surface area (Å²) in [6, 6.07) is 10.9. The standard InChI is InChI=1S/C20H22F2N2O2/c1-23(2)20(25)14-3-6-16(7-4-14)24-11-9-17(10-12-24)26-19-8-5-15(21)13-18(19)22/h3-8,13,17H,9-12H2,1-2H3. The number of carbonyl (C=O) groups excluding carboxylic acids is 1. The number of hydrogen-bond donors (Lipinski definition) is 0. The average molecular weight is 360 g/mol. The molecule has 0 spiro atoms. The second kappa shape index (κ2) is 7.72. The van der Waals surface area contributed by atoms with Crippen LogP contribution in [0.25, 0.3) is 0 Å². The van der Waals surface area contributed by atoms with Gasteiger partial charge in [-0.15, -0.1) is 0 Å². The number of piperidine rings is 1. The van der Waals surface area contributed by atoms with Crippen molar-refractivity contribution in [3.8, 4) is 5.75 Å². The smallest absolute Gasteiger partial charge is 0.253 e. The largest absolute Gasteiger partial charge is 0.487 e. The molecule has 0 aliphatic carbocycles. The average Bonchev–Trinajstić information content (AvgIpc) is 2.64. The topological polar surface area (TPSA) is 32.8 Å². The molecule has 4 nitrogen and oxygen atoms in total. The van der Waals surface area contributed by atoms with Gasteiger partial charge in [0.05, 0.1) is 0 Å². The molecule has 0 aromatic heterocycles. The second-order valence-electron chi connectivity index (χ2n) is 6.63. The lowest BCUT2D eigenvalue weighted by Gasteiger charge is -2.33.